The lowest BCUT2D eigenvalue weighted by Crippen LogP contribution is -2.33. The number of hydrogen-bond acceptors (Lipinski definition) is 2. The number of methoxy groups -OCH3 is 1. The van der Waals surface area contributed by atoms with E-state index in [1.54, 1.807) is 19.2 Å². The second-order valence-electron chi connectivity index (χ2n) is 4.90. The predicted molar refractivity (Wildman–Crippen MR) is 84.4 cm³/mol. The zero-order chi connectivity index (χ0) is 15.9. The van der Waals surface area contributed by atoms with Crippen LogP contribution in [-0.2, 0) is 4.74 Å². The second-order valence-corrected chi connectivity index (χ2v) is 4.90. The Morgan fingerprint density at radius 2 is 1.86 bits per heavy atom. The van der Waals surface area contributed by atoms with E-state index in [0.29, 0.717) is 6.54 Å². The first-order valence-electron chi connectivity index (χ1n) is 6.99. The molecule has 4 nitrogen and oxygen atoms in total. The molecule has 1 atom stereocenters. The molecule has 22 heavy (non-hydrogen) atoms. The maximum Gasteiger partial charge on any atom is 0.319 e. The third-order valence-corrected chi connectivity index (χ3v) is 3.39. The van der Waals surface area contributed by atoms with Gasteiger partial charge in [-0.25, -0.2) is 9.18 Å². The van der Waals surface area contributed by atoms with Gasteiger partial charge in [-0.15, -0.1) is 0 Å². The molecule has 5 heteroatoms. The Balaban J connectivity index is 1.95. The number of amides is 2. The molecule has 0 radical (unpaired) electrons. The molecule has 2 aromatic rings. The third kappa shape index (κ3) is 4.05. The summed E-state index contributed by atoms with van der Waals surface area (Å²) in [6.07, 6.45) is -0.257. The molecular formula is C17H19FN2O2. The Kier molecular flexibility index (Phi) is 5.49. The van der Waals surface area contributed by atoms with Crippen LogP contribution in [0.25, 0.3) is 0 Å². The van der Waals surface area contributed by atoms with Crippen molar-refractivity contribution < 1.29 is 13.9 Å². The molecule has 0 saturated heterocycles. The highest BCUT2D eigenvalue weighted by molar-refractivity contribution is 5.89. The van der Waals surface area contributed by atoms with Gasteiger partial charge in [0.25, 0.3) is 0 Å². The summed E-state index contributed by atoms with van der Waals surface area (Å²) in [6, 6.07) is 13.4. The highest BCUT2D eigenvalue weighted by Crippen LogP contribution is 2.19. The van der Waals surface area contributed by atoms with Gasteiger partial charge in [-0.3, -0.25) is 0 Å². The average molecular weight is 302 g/mol. The SMILES string of the molecule is COC(CNC(=O)Nc1ccccc1F)c1ccccc1C. The number of ether oxygens (including phenoxy) is 1. The first-order chi connectivity index (χ1) is 10.6. The highest BCUT2D eigenvalue weighted by Gasteiger charge is 2.14. The third-order valence-electron chi connectivity index (χ3n) is 3.39. The first kappa shape index (κ1) is 16.0. The van der Waals surface area contributed by atoms with Crippen LogP contribution in [0.4, 0.5) is 14.9 Å². The van der Waals surface area contributed by atoms with E-state index in [1.165, 1.54) is 12.1 Å². The fourth-order valence-corrected chi connectivity index (χ4v) is 2.18. The molecule has 2 rings (SSSR count). The van der Waals surface area contributed by atoms with Gasteiger partial charge >= 0.3 is 6.03 Å². The number of hydrogen-bond donors (Lipinski definition) is 2. The number of nitrogens with one attached hydrogen (secondary N) is 2. The van der Waals surface area contributed by atoms with E-state index in [-0.39, 0.29) is 11.8 Å². The predicted octanol–water partition coefficient (Wildman–Crippen LogP) is 3.64. The molecule has 2 N–H and O–H groups in total. The van der Waals surface area contributed by atoms with Crippen LogP contribution < -0.4 is 10.6 Å². The van der Waals surface area contributed by atoms with Gasteiger partial charge < -0.3 is 15.4 Å². The molecule has 0 heterocycles. The van der Waals surface area contributed by atoms with Crippen LogP contribution in [0.2, 0.25) is 0 Å². The highest BCUT2D eigenvalue weighted by atomic mass is 19.1. The molecule has 0 spiro atoms. The second kappa shape index (κ2) is 7.56. The Morgan fingerprint density at radius 3 is 2.55 bits per heavy atom. The summed E-state index contributed by atoms with van der Waals surface area (Å²) in [7, 11) is 1.59. The van der Waals surface area contributed by atoms with Gasteiger partial charge in [0.05, 0.1) is 11.8 Å². The number of aryl methyl sites for hydroxylation is 1. The molecule has 0 bridgehead atoms. The van der Waals surface area contributed by atoms with Crippen LogP contribution in [0.15, 0.2) is 48.5 Å². The van der Waals surface area contributed by atoms with Crippen LogP contribution in [0.5, 0.6) is 0 Å². The minimum absolute atomic E-state index is 0.143. The van der Waals surface area contributed by atoms with E-state index in [0.717, 1.165) is 11.1 Å². The Bertz CT molecular complexity index is 646. The first-order valence-corrected chi connectivity index (χ1v) is 6.99. The van der Waals surface area contributed by atoms with E-state index >= 15 is 0 Å². The van der Waals surface area contributed by atoms with Gasteiger partial charge in [0, 0.05) is 13.7 Å². The van der Waals surface area contributed by atoms with Crippen LogP contribution in [0, 0.1) is 12.7 Å². The number of carbonyl (C=O) groups is 1. The van der Waals surface area contributed by atoms with Gasteiger partial charge in [-0.2, -0.15) is 0 Å². The summed E-state index contributed by atoms with van der Waals surface area (Å²) in [5.74, 6) is -0.472. The molecular weight excluding hydrogens is 283 g/mol. The van der Waals surface area contributed by atoms with Crippen LogP contribution in [-0.4, -0.2) is 19.7 Å². The Morgan fingerprint density at radius 1 is 1.18 bits per heavy atom. The number of rotatable bonds is 5. The standard InChI is InChI=1S/C17H19FN2O2/c1-12-7-3-4-8-13(12)16(22-2)11-19-17(21)20-15-10-6-5-9-14(15)18/h3-10,16H,11H2,1-2H3,(H2,19,20,21). The van der Waals surface area contributed by atoms with Crippen LogP contribution in [0.1, 0.15) is 17.2 Å². The fourth-order valence-electron chi connectivity index (χ4n) is 2.18. The summed E-state index contributed by atoms with van der Waals surface area (Å²) in [5, 5.41) is 5.17. The lowest BCUT2D eigenvalue weighted by atomic mass is 10.0. The van der Waals surface area contributed by atoms with Crippen molar-refractivity contribution in [3.8, 4) is 0 Å². The number of halogens is 1. The number of carbonyl (C=O) groups excluding carboxylic acids is 1. The zero-order valence-corrected chi connectivity index (χ0v) is 12.6. The minimum atomic E-state index is -0.472. The van der Waals surface area contributed by atoms with Gasteiger partial charge in [0.2, 0.25) is 0 Å². The lowest BCUT2D eigenvalue weighted by Gasteiger charge is -2.18. The Hall–Kier alpha value is -2.40. The van der Waals surface area contributed by atoms with Crippen molar-refractivity contribution in [2.24, 2.45) is 0 Å². The zero-order valence-electron chi connectivity index (χ0n) is 12.6. The van der Waals surface area contributed by atoms with Gasteiger partial charge in [-0.1, -0.05) is 36.4 Å². The topological polar surface area (TPSA) is 50.4 Å². The monoisotopic (exact) mass is 302 g/mol. The van der Waals surface area contributed by atoms with Crippen molar-refractivity contribution in [2.75, 3.05) is 19.0 Å². The van der Waals surface area contributed by atoms with Crippen molar-refractivity contribution in [1.82, 2.24) is 5.32 Å². The molecule has 0 aliphatic heterocycles. The molecule has 116 valence electrons. The molecule has 0 saturated carbocycles. The van der Waals surface area contributed by atoms with Gasteiger partial charge in [0.15, 0.2) is 0 Å². The molecule has 2 amide bonds. The molecule has 0 aliphatic carbocycles. The van der Waals surface area contributed by atoms with E-state index < -0.39 is 11.8 Å². The number of benzene rings is 2. The Labute approximate surface area is 129 Å². The van der Waals surface area contributed by atoms with Crippen molar-refractivity contribution in [1.29, 1.82) is 0 Å². The number of para-hydroxylation sites is 1. The van der Waals surface area contributed by atoms with E-state index in [1.807, 2.05) is 31.2 Å². The van der Waals surface area contributed by atoms with E-state index in [9.17, 15) is 9.18 Å². The summed E-state index contributed by atoms with van der Waals surface area (Å²) in [5.41, 5.74) is 2.24. The smallest absolute Gasteiger partial charge is 0.319 e. The average Bonchev–Trinajstić information content (AvgIpc) is 2.52. The van der Waals surface area contributed by atoms with Crippen molar-refractivity contribution >= 4 is 11.7 Å². The van der Waals surface area contributed by atoms with Gasteiger partial charge in [-0.05, 0) is 30.2 Å². The maximum atomic E-state index is 13.5. The summed E-state index contributed by atoms with van der Waals surface area (Å²) in [4.78, 5) is 11.9. The van der Waals surface area contributed by atoms with Gasteiger partial charge in [0.1, 0.15) is 5.82 Å². The summed E-state index contributed by atoms with van der Waals surface area (Å²) >= 11 is 0. The lowest BCUT2D eigenvalue weighted by molar-refractivity contribution is 0.104. The molecule has 1 unspecified atom stereocenters. The summed E-state index contributed by atoms with van der Waals surface area (Å²) in [6.45, 7) is 2.28. The van der Waals surface area contributed by atoms with Crippen molar-refractivity contribution in [2.45, 2.75) is 13.0 Å². The molecule has 0 aliphatic rings. The maximum absolute atomic E-state index is 13.5. The minimum Gasteiger partial charge on any atom is -0.375 e. The van der Waals surface area contributed by atoms with E-state index in [2.05, 4.69) is 10.6 Å². The van der Waals surface area contributed by atoms with E-state index in [4.69, 9.17) is 4.74 Å². The normalized spacial score (nSPS) is 11.8. The van der Waals surface area contributed by atoms with Crippen molar-refractivity contribution in [3.63, 3.8) is 0 Å². The van der Waals surface area contributed by atoms with Crippen LogP contribution in [0.3, 0.4) is 0 Å². The van der Waals surface area contributed by atoms with Crippen molar-refractivity contribution in [3.05, 3.63) is 65.5 Å². The molecule has 2 aromatic carbocycles. The summed E-state index contributed by atoms with van der Waals surface area (Å²) < 4.78 is 18.9. The largest absolute Gasteiger partial charge is 0.375 e. The fraction of sp³-hybridized carbons (Fsp3) is 0.235. The molecule has 0 aromatic heterocycles. The quantitative estimate of drug-likeness (QED) is 0.886. The van der Waals surface area contributed by atoms with Crippen LogP contribution >= 0.6 is 0 Å². The number of anilines is 1. The number of urea groups is 1. The molecule has 0 fully saturated rings.